The van der Waals surface area contributed by atoms with Crippen LogP contribution in [0.2, 0.25) is 0 Å². The largest absolute Gasteiger partial charge is 0.329 e. The predicted octanol–water partition coefficient (Wildman–Crippen LogP) is 2.83. The van der Waals surface area contributed by atoms with E-state index in [1.54, 1.807) is 12.1 Å². The molecule has 0 amide bonds. The van der Waals surface area contributed by atoms with Gasteiger partial charge in [-0.2, -0.15) is 0 Å². The van der Waals surface area contributed by atoms with E-state index < -0.39 is 10.0 Å². The van der Waals surface area contributed by atoms with Gasteiger partial charge in [0.1, 0.15) is 0 Å². The zero-order chi connectivity index (χ0) is 14.6. The number of benzene rings is 1. The van der Waals surface area contributed by atoms with Crippen LogP contribution < -0.4 is 10.5 Å². The molecule has 20 heavy (non-hydrogen) atoms. The first kappa shape index (κ1) is 19.9. The third-order valence-corrected chi connectivity index (χ3v) is 5.69. The Morgan fingerprint density at radius 3 is 2.45 bits per heavy atom. The Morgan fingerprint density at radius 2 is 1.95 bits per heavy atom. The van der Waals surface area contributed by atoms with Gasteiger partial charge < -0.3 is 5.73 Å². The molecule has 0 aliphatic rings. The summed E-state index contributed by atoms with van der Waals surface area (Å²) in [5.74, 6) is 0.386. The van der Waals surface area contributed by atoms with E-state index in [1.807, 2.05) is 26.8 Å². The molecule has 0 radical (unpaired) electrons. The summed E-state index contributed by atoms with van der Waals surface area (Å²) in [5.41, 5.74) is 6.52. The smallest absolute Gasteiger partial charge is 0.241 e. The van der Waals surface area contributed by atoms with Crippen molar-refractivity contribution in [2.24, 2.45) is 11.7 Å². The summed E-state index contributed by atoms with van der Waals surface area (Å²) in [6.07, 6.45) is 0.721. The Morgan fingerprint density at radius 1 is 1.35 bits per heavy atom. The van der Waals surface area contributed by atoms with Crippen LogP contribution in [0.3, 0.4) is 0 Å². The van der Waals surface area contributed by atoms with Gasteiger partial charge in [0.2, 0.25) is 10.0 Å². The highest BCUT2D eigenvalue weighted by Crippen LogP contribution is 2.25. The highest BCUT2D eigenvalue weighted by molar-refractivity contribution is 9.10. The van der Waals surface area contributed by atoms with E-state index in [4.69, 9.17) is 5.73 Å². The fourth-order valence-corrected chi connectivity index (χ4v) is 4.19. The maximum Gasteiger partial charge on any atom is 0.241 e. The monoisotopic (exact) mass is 384 g/mol. The lowest BCUT2D eigenvalue weighted by Crippen LogP contribution is -2.41. The van der Waals surface area contributed by atoms with Crippen molar-refractivity contribution >= 4 is 38.4 Å². The minimum Gasteiger partial charge on any atom is -0.329 e. The molecule has 0 fully saturated rings. The van der Waals surface area contributed by atoms with E-state index >= 15 is 0 Å². The van der Waals surface area contributed by atoms with Gasteiger partial charge in [0, 0.05) is 17.1 Å². The maximum atomic E-state index is 12.4. The third-order valence-electron chi connectivity index (χ3n) is 2.81. The number of nitrogens with one attached hydrogen (secondary N) is 1. The molecule has 0 aromatic heterocycles. The van der Waals surface area contributed by atoms with Crippen molar-refractivity contribution in [2.45, 2.75) is 38.1 Å². The van der Waals surface area contributed by atoms with Gasteiger partial charge in [0.15, 0.2) is 0 Å². The van der Waals surface area contributed by atoms with Crippen LogP contribution in [0.25, 0.3) is 0 Å². The summed E-state index contributed by atoms with van der Waals surface area (Å²) in [4.78, 5) is 0.259. The molecule has 7 heteroatoms. The lowest BCUT2D eigenvalue weighted by molar-refractivity contribution is 0.465. The SMILES string of the molecule is Cc1cccc(S(=O)(=O)NC(CN)CC(C)C)c1Br.Cl. The summed E-state index contributed by atoms with van der Waals surface area (Å²) < 4.78 is 28.0. The molecular formula is C13H22BrClN2O2S. The molecule has 0 spiro atoms. The number of aryl methyl sites for hydroxylation is 1. The molecule has 1 unspecified atom stereocenters. The molecule has 116 valence electrons. The average Bonchev–Trinajstić information content (AvgIpc) is 2.30. The maximum absolute atomic E-state index is 12.4. The van der Waals surface area contributed by atoms with Crippen molar-refractivity contribution in [3.8, 4) is 0 Å². The lowest BCUT2D eigenvalue weighted by Gasteiger charge is -2.19. The Balaban J connectivity index is 0.00000361. The van der Waals surface area contributed by atoms with Crippen LogP contribution in [-0.2, 0) is 10.0 Å². The van der Waals surface area contributed by atoms with Gasteiger partial charge in [-0.05, 0) is 46.8 Å². The molecule has 0 aliphatic heterocycles. The molecule has 0 bridgehead atoms. The molecule has 0 aliphatic carbocycles. The first-order valence-electron chi connectivity index (χ1n) is 6.25. The van der Waals surface area contributed by atoms with Gasteiger partial charge >= 0.3 is 0 Å². The zero-order valence-electron chi connectivity index (χ0n) is 11.9. The lowest BCUT2D eigenvalue weighted by atomic mass is 10.1. The first-order chi connectivity index (χ1) is 8.77. The average molecular weight is 386 g/mol. The minimum atomic E-state index is -3.55. The second-order valence-corrected chi connectivity index (χ2v) is 7.55. The fourth-order valence-electron chi connectivity index (χ4n) is 1.87. The van der Waals surface area contributed by atoms with E-state index in [9.17, 15) is 8.42 Å². The number of halogens is 2. The van der Waals surface area contributed by atoms with Crippen LogP contribution in [0.4, 0.5) is 0 Å². The van der Waals surface area contributed by atoms with Crippen molar-refractivity contribution in [3.05, 3.63) is 28.2 Å². The van der Waals surface area contributed by atoms with Gasteiger partial charge in [0.25, 0.3) is 0 Å². The van der Waals surface area contributed by atoms with Crippen molar-refractivity contribution in [1.29, 1.82) is 0 Å². The first-order valence-corrected chi connectivity index (χ1v) is 8.53. The zero-order valence-corrected chi connectivity index (χ0v) is 15.1. The van der Waals surface area contributed by atoms with Crippen LogP contribution in [0, 0.1) is 12.8 Å². The van der Waals surface area contributed by atoms with Gasteiger partial charge in [0.05, 0.1) is 4.90 Å². The normalized spacial score (nSPS) is 13.1. The number of nitrogens with two attached hydrogens (primary N) is 1. The summed E-state index contributed by atoms with van der Waals surface area (Å²) in [6, 6.07) is 4.94. The van der Waals surface area contributed by atoms with Gasteiger partial charge in [-0.15, -0.1) is 12.4 Å². The third kappa shape index (κ3) is 5.33. The number of hydrogen-bond acceptors (Lipinski definition) is 3. The van der Waals surface area contributed by atoms with E-state index in [-0.39, 0.29) is 23.3 Å². The summed E-state index contributed by atoms with van der Waals surface area (Å²) in [6.45, 7) is 6.23. The highest BCUT2D eigenvalue weighted by Gasteiger charge is 2.22. The standard InChI is InChI=1S/C13H21BrN2O2S.ClH/c1-9(2)7-11(8-15)16-19(17,18)12-6-4-5-10(3)13(12)14;/h4-6,9,11,16H,7-8,15H2,1-3H3;1H. The van der Waals surface area contributed by atoms with E-state index in [2.05, 4.69) is 20.7 Å². The Hall–Kier alpha value is -0.140. The van der Waals surface area contributed by atoms with Crippen LogP contribution in [0.15, 0.2) is 27.6 Å². The summed E-state index contributed by atoms with van der Waals surface area (Å²) >= 11 is 3.33. The van der Waals surface area contributed by atoms with Gasteiger partial charge in [-0.3, -0.25) is 0 Å². The second-order valence-electron chi connectivity index (χ2n) is 5.07. The van der Waals surface area contributed by atoms with Crippen molar-refractivity contribution in [2.75, 3.05) is 6.54 Å². The molecule has 0 saturated heterocycles. The fraction of sp³-hybridized carbons (Fsp3) is 0.538. The van der Waals surface area contributed by atoms with Gasteiger partial charge in [-0.1, -0.05) is 26.0 Å². The molecule has 0 saturated carbocycles. The van der Waals surface area contributed by atoms with Crippen LogP contribution >= 0.6 is 28.3 Å². The molecule has 1 aromatic carbocycles. The molecular weight excluding hydrogens is 364 g/mol. The van der Waals surface area contributed by atoms with Crippen molar-refractivity contribution in [3.63, 3.8) is 0 Å². The van der Waals surface area contributed by atoms with E-state index in [0.29, 0.717) is 16.9 Å². The quantitative estimate of drug-likeness (QED) is 0.791. The Kier molecular flexibility index (Phi) is 8.28. The Bertz CT molecular complexity index is 535. The topological polar surface area (TPSA) is 72.2 Å². The second kappa shape index (κ2) is 8.34. The van der Waals surface area contributed by atoms with Crippen molar-refractivity contribution < 1.29 is 8.42 Å². The van der Waals surface area contributed by atoms with Crippen LogP contribution in [-0.4, -0.2) is 21.0 Å². The van der Waals surface area contributed by atoms with Crippen LogP contribution in [0.5, 0.6) is 0 Å². The molecule has 1 atom stereocenters. The molecule has 4 nitrogen and oxygen atoms in total. The van der Waals surface area contributed by atoms with E-state index in [0.717, 1.165) is 12.0 Å². The minimum absolute atomic E-state index is 0. The molecule has 0 heterocycles. The Labute approximate surface area is 136 Å². The molecule has 1 aromatic rings. The highest BCUT2D eigenvalue weighted by atomic mass is 79.9. The van der Waals surface area contributed by atoms with Crippen LogP contribution in [0.1, 0.15) is 25.8 Å². The molecule has 3 N–H and O–H groups in total. The number of hydrogen-bond donors (Lipinski definition) is 2. The number of rotatable bonds is 6. The summed E-state index contributed by atoms with van der Waals surface area (Å²) in [5, 5.41) is 0. The van der Waals surface area contributed by atoms with Crippen molar-refractivity contribution in [1.82, 2.24) is 4.72 Å². The summed E-state index contributed by atoms with van der Waals surface area (Å²) in [7, 11) is -3.55. The molecule has 1 rings (SSSR count). The predicted molar refractivity (Wildman–Crippen MR) is 88.7 cm³/mol. The van der Waals surface area contributed by atoms with E-state index in [1.165, 1.54) is 0 Å². The number of sulfonamides is 1. The van der Waals surface area contributed by atoms with Gasteiger partial charge in [-0.25, -0.2) is 13.1 Å².